The van der Waals surface area contributed by atoms with Crippen LogP contribution in [0.4, 0.5) is 0 Å². The van der Waals surface area contributed by atoms with Crippen molar-refractivity contribution < 1.29 is 0 Å². The topological polar surface area (TPSA) is 17.8 Å². The normalized spacial score (nSPS) is 17.9. The quantitative estimate of drug-likeness (QED) is 0.582. The van der Waals surface area contributed by atoms with Gasteiger partial charge in [-0.25, -0.2) is 0 Å². The molecule has 1 aromatic heterocycles. The predicted molar refractivity (Wildman–Crippen MR) is 92.9 cm³/mol. The number of alkyl halides is 2. The number of rotatable bonds is 6. The molecule has 1 heterocycles. The Morgan fingerprint density at radius 1 is 1.25 bits per heavy atom. The van der Waals surface area contributed by atoms with Crippen molar-refractivity contribution in [2.75, 3.05) is 10.7 Å². The van der Waals surface area contributed by atoms with Gasteiger partial charge >= 0.3 is 0 Å². The largest absolute Gasteiger partial charge is 0.269 e. The highest BCUT2D eigenvalue weighted by Gasteiger charge is 2.33. The summed E-state index contributed by atoms with van der Waals surface area (Å²) in [6.07, 6.45) is 9.95. The molecule has 0 unspecified atom stereocenters. The molecule has 0 spiro atoms. The third kappa shape index (κ3) is 3.68. The minimum Gasteiger partial charge on any atom is -0.269 e. The fraction of sp³-hybridized carbons (Fsp3) is 0.812. The van der Waals surface area contributed by atoms with Gasteiger partial charge in [0.1, 0.15) is 0 Å². The summed E-state index contributed by atoms with van der Waals surface area (Å²) in [5, 5.41) is 6.90. The molecule has 114 valence electrons. The lowest BCUT2D eigenvalue weighted by atomic mass is 9.77. The molecule has 0 amide bonds. The van der Waals surface area contributed by atoms with E-state index in [-0.39, 0.29) is 5.41 Å². The first-order chi connectivity index (χ1) is 9.61. The number of halogens is 2. The van der Waals surface area contributed by atoms with Gasteiger partial charge in [-0.15, -0.1) is 0 Å². The first-order valence-electron chi connectivity index (χ1n) is 7.77. The van der Waals surface area contributed by atoms with E-state index in [1.807, 2.05) is 0 Å². The van der Waals surface area contributed by atoms with E-state index in [9.17, 15) is 0 Å². The molecule has 0 radical (unpaired) electrons. The molecule has 0 N–H and O–H groups in total. The van der Waals surface area contributed by atoms with Crippen LogP contribution in [0.2, 0.25) is 0 Å². The molecule has 1 saturated carbocycles. The van der Waals surface area contributed by atoms with Crippen LogP contribution < -0.4 is 0 Å². The summed E-state index contributed by atoms with van der Waals surface area (Å²) in [5.74, 6) is 0.626. The van der Waals surface area contributed by atoms with E-state index < -0.39 is 0 Å². The van der Waals surface area contributed by atoms with Crippen molar-refractivity contribution in [3.8, 4) is 0 Å². The summed E-state index contributed by atoms with van der Waals surface area (Å²) in [4.78, 5) is 0. The summed E-state index contributed by atoms with van der Waals surface area (Å²) < 4.78 is 2.22. The molecule has 0 saturated heterocycles. The second-order valence-electron chi connectivity index (χ2n) is 6.54. The van der Waals surface area contributed by atoms with Crippen molar-refractivity contribution in [1.82, 2.24) is 9.78 Å². The molecule has 1 aromatic rings. The molecule has 1 aliphatic carbocycles. The summed E-state index contributed by atoms with van der Waals surface area (Å²) in [6.45, 7) is 4.61. The van der Waals surface area contributed by atoms with Gasteiger partial charge in [-0.05, 0) is 36.7 Å². The van der Waals surface area contributed by atoms with Crippen LogP contribution in [0.25, 0.3) is 0 Å². The van der Waals surface area contributed by atoms with Crippen molar-refractivity contribution in [3.63, 3.8) is 0 Å². The molecule has 1 fully saturated rings. The number of hydrogen-bond acceptors (Lipinski definition) is 1. The third-order valence-corrected chi connectivity index (χ3v) is 7.14. The molecular weight excluding hydrogens is 380 g/mol. The molecule has 0 aliphatic heterocycles. The van der Waals surface area contributed by atoms with Gasteiger partial charge in [-0.3, -0.25) is 4.68 Å². The first-order valence-corrected chi connectivity index (χ1v) is 10.0. The van der Waals surface area contributed by atoms with Gasteiger partial charge in [0.25, 0.3) is 0 Å². The maximum Gasteiger partial charge on any atom is 0.0630 e. The highest BCUT2D eigenvalue weighted by atomic mass is 79.9. The molecule has 20 heavy (non-hydrogen) atoms. The Kier molecular flexibility index (Phi) is 6.15. The highest BCUT2D eigenvalue weighted by molar-refractivity contribution is 9.09. The smallest absolute Gasteiger partial charge is 0.0630 e. The zero-order valence-corrected chi connectivity index (χ0v) is 15.8. The second-order valence-corrected chi connectivity index (χ2v) is 7.66. The highest BCUT2D eigenvalue weighted by Crippen LogP contribution is 2.36. The Hall–Kier alpha value is 0.170. The maximum atomic E-state index is 4.87. The molecule has 0 aromatic carbocycles. The summed E-state index contributed by atoms with van der Waals surface area (Å²) in [5.41, 5.74) is 1.49. The third-order valence-electron chi connectivity index (χ3n) is 4.90. The maximum absolute atomic E-state index is 4.87. The predicted octanol–water partition coefficient (Wildman–Crippen LogP) is 5.36. The van der Waals surface area contributed by atoms with Gasteiger partial charge in [-0.1, -0.05) is 65.0 Å². The van der Waals surface area contributed by atoms with Crippen LogP contribution in [0.3, 0.4) is 0 Å². The van der Waals surface area contributed by atoms with Crippen molar-refractivity contribution in [2.24, 2.45) is 11.3 Å². The van der Waals surface area contributed by atoms with E-state index in [2.05, 4.69) is 62.7 Å². The number of aromatic nitrogens is 2. The molecule has 2 rings (SSSR count). The molecule has 4 heteroatoms. The van der Waals surface area contributed by atoms with E-state index >= 15 is 0 Å². The number of nitrogens with zero attached hydrogens (tertiary/aromatic N) is 2. The van der Waals surface area contributed by atoms with Gasteiger partial charge in [0.2, 0.25) is 0 Å². The molecule has 1 aliphatic rings. The fourth-order valence-electron chi connectivity index (χ4n) is 3.02. The van der Waals surface area contributed by atoms with Crippen LogP contribution in [0.5, 0.6) is 0 Å². The van der Waals surface area contributed by atoms with Crippen molar-refractivity contribution >= 4 is 31.9 Å². The van der Waals surface area contributed by atoms with Crippen molar-refractivity contribution in [2.45, 2.75) is 58.4 Å². The van der Waals surface area contributed by atoms with E-state index in [1.165, 1.54) is 37.8 Å². The monoisotopic (exact) mass is 404 g/mol. The van der Waals surface area contributed by atoms with Gasteiger partial charge in [0, 0.05) is 16.9 Å². The van der Waals surface area contributed by atoms with E-state index in [0.29, 0.717) is 12.0 Å². The van der Waals surface area contributed by atoms with E-state index in [4.69, 9.17) is 5.10 Å². The van der Waals surface area contributed by atoms with Crippen molar-refractivity contribution in [3.05, 3.63) is 18.0 Å². The van der Waals surface area contributed by atoms with Crippen LogP contribution in [-0.4, -0.2) is 20.4 Å². The van der Waals surface area contributed by atoms with Crippen LogP contribution in [0.1, 0.15) is 57.7 Å². The fourth-order valence-corrected chi connectivity index (χ4v) is 5.64. The lowest BCUT2D eigenvalue weighted by molar-refractivity contribution is 0.262. The van der Waals surface area contributed by atoms with Crippen LogP contribution in [0, 0.1) is 11.3 Å². The van der Waals surface area contributed by atoms with Gasteiger partial charge in [0.15, 0.2) is 0 Å². The first kappa shape index (κ1) is 16.5. The molecular formula is C16H26Br2N2. The van der Waals surface area contributed by atoms with Crippen LogP contribution in [-0.2, 0) is 6.42 Å². The standard InChI is InChI=1S/C16H26Br2N2/c1-13(2)16(11-17,12-18)10-14-8-9-20(19-14)15-6-4-3-5-7-15/h8-9,13,15H,3-7,10-12H2,1-2H3. The summed E-state index contributed by atoms with van der Waals surface area (Å²) >= 11 is 7.42. The summed E-state index contributed by atoms with van der Waals surface area (Å²) in [7, 11) is 0. The lowest BCUT2D eigenvalue weighted by Gasteiger charge is -2.33. The minimum atomic E-state index is 0.256. The average molecular weight is 406 g/mol. The van der Waals surface area contributed by atoms with Gasteiger partial charge in [-0.2, -0.15) is 5.10 Å². The average Bonchev–Trinajstić information content (AvgIpc) is 2.94. The molecule has 2 nitrogen and oxygen atoms in total. The van der Waals surface area contributed by atoms with Gasteiger partial charge in [0.05, 0.1) is 11.7 Å². The number of hydrogen-bond donors (Lipinski definition) is 0. The Labute approximate surface area is 140 Å². The minimum absolute atomic E-state index is 0.256. The Balaban J connectivity index is 2.08. The Morgan fingerprint density at radius 3 is 2.45 bits per heavy atom. The zero-order chi connectivity index (χ0) is 14.6. The zero-order valence-electron chi connectivity index (χ0n) is 12.6. The molecule has 0 atom stereocenters. The van der Waals surface area contributed by atoms with Crippen LogP contribution >= 0.6 is 31.9 Å². The lowest BCUT2D eigenvalue weighted by Crippen LogP contribution is -2.33. The summed E-state index contributed by atoms with van der Waals surface area (Å²) in [6, 6.07) is 2.86. The second kappa shape index (κ2) is 7.44. The van der Waals surface area contributed by atoms with Gasteiger partial charge < -0.3 is 0 Å². The van der Waals surface area contributed by atoms with E-state index in [0.717, 1.165) is 17.1 Å². The Bertz CT molecular complexity index is 404. The van der Waals surface area contributed by atoms with E-state index in [1.54, 1.807) is 0 Å². The SMILES string of the molecule is CC(C)C(CBr)(CBr)Cc1ccn(C2CCCCC2)n1. The van der Waals surface area contributed by atoms with Crippen molar-refractivity contribution in [1.29, 1.82) is 0 Å². The van der Waals surface area contributed by atoms with Crippen LogP contribution in [0.15, 0.2) is 12.3 Å². The Morgan fingerprint density at radius 2 is 1.90 bits per heavy atom. The molecule has 0 bridgehead atoms.